The lowest BCUT2D eigenvalue weighted by molar-refractivity contribution is -0.385. The predicted octanol–water partition coefficient (Wildman–Crippen LogP) is 1.66. The zero-order chi connectivity index (χ0) is 16.2. The smallest absolute Gasteiger partial charge is 0.324 e. The van der Waals surface area contributed by atoms with Gasteiger partial charge in [-0.2, -0.15) is 8.78 Å². The van der Waals surface area contributed by atoms with Crippen molar-refractivity contribution in [3.8, 4) is 0 Å². The van der Waals surface area contributed by atoms with Crippen LogP contribution in [0.4, 0.5) is 29.1 Å². The Hall–Kier alpha value is -2.46. The van der Waals surface area contributed by atoms with Gasteiger partial charge in [-0.05, 0) is 0 Å². The largest absolute Gasteiger partial charge is 0.373 e. The van der Waals surface area contributed by atoms with E-state index in [0.29, 0.717) is 0 Å². The predicted molar refractivity (Wildman–Crippen MR) is 63.7 cm³/mol. The maximum Gasteiger partial charge on any atom is 0.324 e. The van der Waals surface area contributed by atoms with Gasteiger partial charge in [0, 0.05) is 13.1 Å². The fourth-order valence-corrected chi connectivity index (χ4v) is 1.28. The van der Waals surface area contributed by atoms with Crippen molar-refractivity contribution in [1.82, 2.24) is 10.3 Å². The second-order valence-corrected chi connectivity index (χ2v) is 3.84. The van der Waals surface area contributed by atoms with Gasteiger partial charge in [-0.3, -0.25) is 14.9 Å². The van der Waals surface area contributed by atoms with Gasteiger partial charge in [0.25, 0.3) is 11.6 Å². The number of carbonyl (C=O) groups excluding carboxylic acids is 1. The minimum absolute atomic E-state index is 0.0753. The quantitative estimate of drug-likeness (QED) is 0.473. The molecule has 0 aliphatic carbocycles. The highest BCUT2D eigenvalue weighted by molar-refractivity contribution is 5.98. The van der Waals surface area contributed by atoms with Gasteiger partial charge in [0.05, 0.1) is 11.5 Å². The van der Waals surface area contributed by atoms with E-state index in [1.165, 1.54) is 12.4 Å². The van der Waals surface area contributed by atoms with E-state index < -0.39 is 41.0 Å². The number of carbonyl (C=O) groups is 1. The number of amides is 1. The first-order chi connectivity index (χ1) is 9.69. The molecule has 0 aliphatic heterocycles. The number of hydrogen-bond donors (Lipinski definition) is 2. The van der Waals surface area contributed by atoms with E-state index >= 15 is 0 Å². The van der Waals surface area contributed by atoms with Gasteiger partial charge in [0.2, 0.25) is 0 Å². The number of anilines is 1. The summed E-state index contributed by atoms with van der Waals surface area (Å²) in [6, 6.07) is 0.952. The van der Waals surface area contributed by atoms with Gasteiger partial charge in [-0.15, -0.1) is 0 Å². The van der Waals surface area contributed by atoms with Crippen LogP contribution in [0.15, 0.2) is 12.3 Å². The molecule has 0 aromatic carbocycles. The second kappa shape index (κ2) is 6.33. The van der Waals surface area contributed by atoms with Crippen molar-refractivity contribution in [2.45, 2.75) is 12.3 Å². The fraction of sp³-hybridized carbons (Fsp3) is 0.400. The van der Waals surface area contributed by atoms with Crippen LogP contribution in [-0.2, 0) is 0 Å². The summed E-state index contributed by atoms with van der Waals surface area (Å²) in [5.74, 6) is -5.63. The first-order valence-electron chi connectivity index (χ1n) is 5.45. The molecule has 2 N–H and O–H groups in total. The Morgan fingerprint density at radius 2 is 2.14 bits per heavy atom. The van der Waals surface area contributed by atoms with Gasteiger partial charge >= 0.3 is 12.3 Å². The highest BCUT2D eigenvalue weighted by Gasteiger charge is 2.41. The van der Waals surface area contributed by atoms with Crippen LogP contribution in [-0.4, -0.2) is 41.8 Å². The van der Waals surface area contributed by atoms with Crippen molar-refractivity contribution in [1.29, 1.82) is 0 Å². The molecule has 0 spiro atoms. The SMILES string of the molecule is CNc1cc(C(=O)NCC(F)(F)C(F)F)c([N+](=O)[O-])cn1. The molecule has 1 amide bonds. The van der Waals surface area contributed by atoms with Gasteiger partial charge < -0.3 is 10.6 Å². The topological polar surface area (TPSA) is 97.2 Å². The molecule has 1 aromatic rings. The maximum atomic E-state index is 12.7. The van der Waals surface area contributed by atoms with Crippen LogP contribution in [0.5, 0.6) is 0 Å². The van der Waals surface area contributed by atoms with Gasteiger partial charge in [0.1, 0.15) is 17.6 Å². The van der Waals surface area contributed by atoms with Gasteiger partial charge in [0.15, 0.2) is 0 Å². The molecule has 0 fully saturated rings. The molecule has 0 saturated carbocycles. The highest BCUT2D eigenvalue weighted by Crippen LogP contribution is 2.23. The van der Waals surface area contributed by atoms with Crippen LogP contribution in [0.25, 0.3) is 0 Å². The highest BCUT2D eigenvalue weighted by atomic mass is 19.3. The third-order valence-corrected chi connectivity index (χ3v) is 2.38. The van der Waals surface area contributed by atoms with Crippen LogP contribution in [0.1, 0.15) is 10.4 Å². The minimum Gasteiger partial charge on any atom is -0.373 e. The number of rotatable bonds is 6. The molecule has 0 atom stereocenters. The standard InChI is InChI=1S/C10H10F4N4O3/c1-15-7-2-5(6(3-16-7)18(20)21)8(19)17-4-10(13,14)9(11)12/h2-3,9H,4H2,1H3,(H,15,16)(H,17,19). The molecular formula is C10H10F4N4O3. The van der Waals surface area contributed by atoms with Crippen molar-refractivity contribution in [3.05, 3.63) is 27.9 Å². The van der Waals surface area contributed by atoms with Crippen LogP contribution in [0, 0.1) is 10.1 Å². The number of halogens is 4. The molecule has 11 heteroatoms. The molecule has 0 radical (unpaired) electrons. The van der Waals surface area contributed by atoms with E-state index in [4.69, 9.17) is 0 Å². The van der Waals surface area contributed by atoms with Crippen molar-refractivity contribution in [2.24, 2.45) is 0 Å². The first-order valence-corrected chi connectivity index (χ1v) is 5.45. The number of pyridine rings is 1. The molecule has 1 aromatic heterocycles. The second-order valence-electron chi connectivity index (χ2n) is 3.84. The Kier molecular flexibility index (Phi) is 5.00. The zero-order valence-corrected chi connectivity index (χ0v) is 10.6. The maximum absolute atomic E-state index is 12.7. The summed E-state index contributed by atoms with van der Waals surface area (Å²) >= 11 is 0. The summed E-state index contributed by atoms with van der Waals surface area (Å²) in [6.45, 7) is -1.64. The Morgan fingerprint density at radius 1 is 1.52 bits per heavy atom. The number of alkyl halides is 4. The molecular weight excluding hydrogens is 300 g/mol. The number of aromatic nitrogens is 1. The van der Waals surface area contributed by atoms with Crippen molar-refractivity contribution in [3.63, 3.8) is 0 Å². The monoisotopic (exact) mass is 310 g/mol. The van der Waals surface area contributed by atoms with Crippen LogP contribution in [0.3, 0.4) is 0 Å². The molecule has 21 heavy (non-hydrogen) atoms. The van der Waals surface area contributed by atoms with Crippen molar-refractivity contribution >= 4 is 17.4 Å². The lowest BCUT2D eigenvalue weighted by atomic mass is 10.2. The molecule has 7 nitrogen and oxygen atoms in total. The summed E-state index contributed by atoms with van der Waals surface area (Å²) in [4.78, 5) is 25.1. The molecule has 1 heterocycles. The van der Waals surface area contributed by atoms with E-state index in [1.807, 2.05) is 0 Å². The number of nitro groups is 1. The molecule has 0 unspecified atom stereocenters. The fourth-order valence-electron chi connectivity index (χ4n) is 1.28. The summed E-state index contributed by atoms with van der Waals surface area (Å²) in [7, 11) is 1.42. The molecule has 1 rings (SSSR count). The summed E-state index contributed by atoms with van der Waals surface area (Å²) in [6.07, 6.45) is -3.20. The zero-order valence-electron chi connectivity index (χ0n) is 10.6. The molecule has 0 aliphatic rings. The summed E-state index contributed by atoms with van der Waals surface area (Å²) in [5, 5.41) is 14.8. The molecule has 116 valence electrons. The molecule has 0 saturated heterocycles. The van der Waals surface area contributed by atoms with E-state index in [2.05, 4.69) is 10.3 Å². The Labute approximate surface area is 115 Å². The Balaban J connectivity index is 2.98. The number of nitrogens with one attached hydrogen (secondary N) is 2. The minimum atomic E-state index is -4.43. The lowest BCUT2D eigenvalue weighted by Gasteiger charge is -2.15. The lowest BCUT2D eigenvalue weighted by Crippen LogP contribution is -2.41. The van der Waals surface area contributed by atoms with Crippen LogP contribution >= 0.6 is 0 Å². The van der Waals surface area contributed by atoms with E-state index in [9.17, 15) is 32.5 Å². The van der Waals surface area contributed by atoms with E-state index in [1.54, 1.807) is 0 Å². The average molecular weight is 310 g/mol. The number of hydrogen-bond acceptors (Lipinski definition) is 5. The third kappa shape index (κ3) is 4.00. The van der Waals surface area contributed by atoms with Crippen LogP contribution in [0.2, 0.25) is 0 Å². The third-order valence-electron chi connectivity index (χ3n) is 2.38. The van der Waals surface area contributed by atoms with Gasteiger partial charge in [-0.1, -0.05) is 0 Å². The van der Waals surface area contributed by atoms with Crippen molar-refractivity contribution < 1.29 is 27.3 Å². The van der Waals surface area contributed by atoms with Crippen molar-refractivity contribution in [2.75, 3.05) is 18.9 Å². The summed E-state index contributed by atoms with van der Waals surface area (Å²) in [5.41, 5.74) is -1.30. The number of nitrogens with zero attached hydrogens (tertiary/aromatic N) is 2. The molecule has 0 bridgehead atoms. The first kappa shape index (κ1) is 16.6. The Bertz CT molecular complexity index is 553. The Morgan fingerprint density at radius 3 is 2.62 bits per heavy atom. The van der Waals surface area contributed by atoms with Crippen LogP contribution < -0.4 is 10.6 Å². The summed E-state index contributed by atoms with van der Waals surface area (Å²) < 4.78 is 49.3. The average Bonchev–Trinajstić information content (AvgIpc) is 2.43. The van der Waals surface area contributed by atoms with Gasteiger partial charge in [-0.25, -0.2) is 13.8 Å². The normalized spacial score (nSPS) is 11.3. The van der Waals surface area contributed by atoms with E-state index in [-0.39, 0.29) is 5.82 Å². The van der Waals surface area contributed by atoms with E-state index in [0.717, 1.165) is 12.3 Å².